The molecular weight excluding hydrogens is 357 g/mol. The number of fused-ring (bicyclic) bond motifs is 1. The molecule has 3 aromatic rings. The van der Waals surface area contributed by atoms with Crippen molar-refractivity contribution >= 4 is 11.6 Å². The van der Waals surface area contributed by atoms with Gasteiger partial charge in [-0.1, -0.05) is 0 Å². The fourth-order valence-corrected chi connectivity index (χ4v) is 3.97. The van der Waals surface area contributed by atoms with E-state index in [9.17, 15) is 9.18 Å². The molecule has 0 spiro atoms. The van der Waals surface area contributed by atoms with Crippen LogP contribution in [0, 0.1) is 12.7 Å². The highest BCUT2D eigenvalue weighted by Crippen LogP contribution is 2.35. The third-order valence-electron chi connectivity index (χ3n) is 5.13. The maximum Gasteiger partial charge on any atom is 0.254 e. The molecule has 3 heterocycles. The first-order chi connectivity index (χ1) is 13.4. The number of carbonyl (C=O) groups excluding carboxylic acids is 1. The van der Waals surface area contributed by atoms with Gasteiger partial charge in [-0.2, -0.15) is 5.10 Å². The van der Waals surface area contributed by atoms with Gasteiger partial charge < -0.3 is 9.80 Å². The van der Waals surface area contributed by atoms with E-state index >= 15 is 0 Å². The first-order valence-electron chi connectivity index (χ1n) is 9.49. The molecule has 1 atom stereocenters. The number of hydrogen-bond acceptors (Lipinski definition) is 4. The number of hydrogen-bond donors (Lipinski definition) is 0. The number of amides is 1. The Hall–Kier alpha value is -2.80. The predicted octanol–water partition coefficient (Wildman–Crippen LogP) is 3.22. The van der Waals surface area contributed by atoms with Crippen molar-refractivity contribution in [2.45, 2.75) is 32.4 Å². The van der Waals surface area contributed by atoms with Crippen molar-refractivity contribution in [3.63, 3.8) is 0 Å². The Kier molecular flexibility index (Phi) is 4.85. The molecule has 146 valence electrons. The lowest BCUT2D eigenvalue weighted by atomic mass is 10.0. The summed E-state index contributed by atoms with van der Waals surface area (Å²) >= 11 is 0. The number of rotatable bonds is 4. The van der Waals surface area contributed by atoms with E-state index in [1.54, 1.807) is 12.1 Å². The van der Waals surface area contributed by atoms with E-state index in [4.69, 9.17) is 0 Å². The first kappa shape index (κ1) is 18.6. The average molecular weight is 381 g/mol. The van der Waals surface area contributed by atoms with E-state index in [0.717, 1.165) is 35.4 Å². The number of halogens is 1. The number of likely N-dealkylation sites (tertiary alicyclic amines) is 1. The second kappa shape index (κ2) is 7.31. The van der Waals surface area contributed by atoms with E-state index in [-0.39, 0.29) is 17.8 Å². The summed E-state index contributed by atoms with van der Waals surface area (Å²) in [6.45, 7) is 3.33. The van der Waals surface area contributed by atoms with Crippen molar-refractivity contribution in [3.8, 4) is 0 Å². The fourth-order valence-electron chi connectivity index (χ4n) is 3.97. The van der Waals surface area contributed by atoms with Gasteiger partial charge in [0.15, 0.2) is 5.65 Å². The molecule has 0 unspecified atom stereocenters. The highest BCUT2D eigenvalue weighted by molar-refractivity contribution is 5.94. The lowest BCUT2D eigenvalue weighted by Crippen LogP contribution is -2.32. The van der Waals surface area contributed by atoms with Gasteiger partial charge in [-0.05, 0) is 58.1 Å². The van der Waals surface area contributed by atoms with E-state index in [1.165, 1.54) is 12.1 Å². The molecule has 7 heteroatoms. The standard InChI is InChI=1S/C21H24FN5O/c1-14-11-19-23-12-16(13-25(2)3)20(27(19)24-14)18-5-4-10-26(18)21(28)15-6-8-17(22)9-7-15/h6-9,11-12,18H,4-5,10,13H2,1-3H3/t18-/m1/s1. The Labute approximate surface area is 163 Å². The average Bonchev–Trinajstić information content (AvgIpc) is 3.27. The molecule has 2 aromatic heterocycles. The number of aryl methyl sites for hydroxylation is 1. The summed E-state index contributed by atoms with van der Waals surface area (Å²) in [7, 11) is 4.02. The predicted molar refractivity (Wildman–Crippen MR) is 105 cm³/mol. The Morgan fingerprint density at radius 1 is 1.29 bits per heavy atom. The SMILES string of the molecule is Cc1cc2ncc(CN(C)C)c([C@H]3CCCN3C(=O)c3ccc(F)cc3)n2n1. The van der Waals surface area contributed by atoms with Crippen LogP contribution in [0.15, 0.2) is 36.5 Å². The molecule has 4 rings (SSSR count). The molecule has 1 aliphatic rings. The van der Waals surface area contributed by atoms with Crippen LogP contribution in [0.3, 0.4) is 0 Å². The molecule has 0 radical (unpaired) electrons. The molecule has 1 fully saturated rings. The summed E-state index contributed by atoms with van der Waals surface area (Å²) in [5, 5.41) is 4.65. The largest absolute Gasteiger partial charge is 0.330 e. The Morgan fingerprint density at radius 2 is 2.04 bits per heavy atom. The topological polar surface area (TPSA) is 53.7 Å². The lowest BCUT2D eigenvalue weighted by Gasteiger charge is -2.27. The van der Waals surface area contributed by atoms with Crippen LogP contribution in [0.25, 0.3) is 5.65 Å². The van der Waals surface area contributed by atoms with Gasteiger partial charge in [-0.15, -0.1) is 0 Å². The summed E-state index contributed by atoms with van der Waals surface area (Å²) in [4.78, 5) is 21.7. The number of carbonyl (C=O) groups is 1. The summed E-state index contributed by atoms with van der Waals surface area (Å²) in [6.07, 6.45) is 3.68. The summed E-state index contributed by atoms with van der Waals surface area (Å²) in [5.74, 6) is -0.419. The third kappa shape index (κ3) is 3.38. The van der Waals surface area contributed by atoms with Crippen molar-refractivity contribution in [2.75, 3.05) is 20.6 Å². The maximum atomic E-state index is 13.3. The van der Waals surface area contributed by atoms with E-state index < -0.39 is 0 Å². The van der Waals surface area contributed by atoms with Crippen molar-refractivity contribution < 1.29 is 9.18 Å². The second-order valence-electron chi connectivity index (χ2n) is 7.63. The van der Waals surface area contributed by atoms with Gasteiger partial charge in [0, 0.05) is 36.5 Å². The number of aromatic nitrogens is 3. The van der Waals surface area contributed by atoms with Crippen LogP contribution in [-0.2, 0) is 6.54 Å². The molecule has 1 saturated heterocycles. The van der Waals surface area contributed by atoms with E-state index in [0.29, 0.717) is 18.7 Å². The zero-order valence-corrected chi connectivity index (χ0v) is 16.4. The number of benzene rings is 1. The Bertz CT molecular complexity index is 1010. The zero-order valence-electron chi connectivity index (χ0n) is 16.4. The van der Waals surface area contributed by atoms with Gasteiger partial charge in [0.25, 0.3) is 5.91 Å². The van der Waals surface area contributed by atoms with Crippen LogP contribution in [-0.4, -0.2) is 50.9 Å². The molecule has 0 bridgehead atoms. The van der Waals surface area contributed by atoms with Gasteiger partial charge in [-0.25, -0.2) is 13.9 Å². The van der Waals surface area contributed by atoms with Gasteiger partial charge in [0.1, 0.15) is 5.82 Å². The van der Waals surface area contributed by atoms with E-state index in [2.05, 4.69) is 15.0 Å². The minimum atomic E-state index is -0.342. The van der Waals surface area contributed by atoms with E-state index in [1.807, 2.05) is 42.7 Å². The maximum absolute atomic E-state index is 13.3. The lowest BCUT2D eigenvalue weighted by molar-refractivity contribution is 0.0730. The van der Waals surface area contributed by atoms with Gasteiger partial charge in [0.2, 0.25) is 0 Å². The smallest absolute Gasteiger partial charge is 0.254 e. The summed E-state index contributed by atoms with van der Waals surface area (Å²) in [5.41, 5.74) is 4.26. The number of nitrogens with zero attached hydrogens (tertiary/aromatic N) is 5. The van der Waals surface area contributed by atoms with Crippen molar-refractivity contribution in [3.05, 3.63) is 64.9 Å². The monoisotopic (exact) mass is 381 g/mol. The molecule has 1 amide bonds. The normalized spacial score (nSPS) is 17.0. The van der Waals surface area contributed by atoms with Gasteiger partial charge >= 0.3 is 0 Å². The quantitative estimate of drug-likeness (QED) is 0.696. The van der Waals surface area contributed by atoms with Crippen LogP contribution < -0.4 is 0 Å². The van der Waals surface area contributed by atoms with Crippen LogP contribution in [0.2, 0.25) is 0 Å². The minimum absolute atomic E-state index is 0.0767. The Morgan fingerprint density at radius 3 is 2.75 bits per heavy atom. The summed E-state index contributed by atoms with van der Waals surface area (Å²) in [6, 6.07) is 7.62. The zero-order chi connectivity index (χ0) is 19.8. The van der Waals surface area contributed by atoms with Crippen molar-refractivity contribution in [1.82, 2.24) is 24.4 Å². The molecule has 1 aromatic carbocycles. The van der Waals surface area contributed by atoms with Gasteiger partial charge in [-0.3, -0.25) is 4.79 Å². The molecule has 1 aliphatic heterocycles. The molecule has 0 aliphatic carbocycles. The molecule has 28 heavy (non-hydrogen) atoms. The van der Waals surface area contributed by atoms with Crippen molar-refractivity contribution in [2.24, 2.45) is 0 Å². The van der Waals surface area contributed by atoms with Crippen LogP contribution in [0.5, 0.6) is 0 Å². The molecule has 0 saturated carbocycles. The first-order valence-corrected chi connectivity index (χ1v) is 9.49. The fraction of sp³-hybridized carbons (Fsp3) is 0.381. The van der Waals surface area contributed by atoms with Gasteiger partial charge in [0.05, 0.1) is 17.4 Å². The van der Waals surface area contributed by atoms with Crippen molar-refractivity contribution in [1.29, 1.82) is 0 Å². The second-order valence-corrected chi connectivity index (χ2v) is 7.63. The van der Waals surface area contributed by atoms with Crippen LogP contribution in [0.1, 0.15) is 46.2 Å². The Balaban J connectivity index is 1.78. The summed E-state index contributed by atoms with van der Waals surface area (Å²) < 4.78 is 15.2. The van der Waals surface area contributed by atoms with Crippen LogP contribution >= 0.6 is 0 Å². The molecule has 0 N–H and O–H groups in total. The minimum Gasteiger partial charge on any atom is -0.330 e. The van der Waals surface area contributed by atoms with Crippen LogP contribution in [0.4, 0.5) is 4.39 Å². The molecule has 6 nitrogen and oxygen atoms in total. The highest BCUT2D eigenvalue weighted by atomic mass is 19.1. The molecular formula is C21H24FN5O. The third-order valence-corrected chi connectivity index (χ3v) is 5.13. The highest BCUT2D eigenvalue weighted by Gasteiger charge is 2.34.